The number of phenols is 3. The third-order valence-corrected chi connectivity index (χ3v) is 9.88. The van der Waals surface area contributed by atoms with E-state index in [2.05, 4.69) is 31.9 Å². The Morgan fingerprint density at radius 2 is 1.23 bits per heavy atom. The maximum atomic E-state index is 12.2. The first kappa shape index (κ1) is 40.4. The summed E-state index contributed by atoms with van der Waals surface area (Å²) in [5.74, 6) is -0.334. The van der Waals surface area contributed by atoms with Gasteiger partial charge in [-0.25, -0.2) is 9.59 Å². The molecule has 9 N–H and O–H groups in total. The standard InChI is InChI=1S/C14H16N2O3S.C13H13N3O2S.C12H10N2O3S/c1-3-19-13(18)11-8(2)15-14(20)16-12(11)9-5-4-6-10(17)7-9;1-16-6-9-10(12(16)18)11(15-13(19)14-9)7-3-2-4-8(17)5-7;15-7-3-1-2-6(4-7)10-9-8(5-17-11(9)16)13-12(18)14-10/h4-7,12,17H,3H2,1-2H3,(H2,15,16,20);2-5,11,17H,6H2,1H3,(H2,14,15,19);1-4,10,15H,5H2,(H2,13,14,18). The number of aromatic hydroxyl groups is 3. The van der Waals surface area contributed by atoms with Crippen molar-refractivity contribution < 1.29 is 39.2 Å². The number of carbonyl (C=O) groups is 3. The molecule has 0 bridgehead atoms. The minimum atomic E-state index is -0.435. The second-order valence-electron chi connectivity index (χ2n) is 13.2. The predicted octanol–water partition coefficient (Wildman–Crippen LogP) is 3.11. The Morgan fingerprint density at radius 1 is 0.754 bits per heavy atom. The molecule has 5 aliphatic rings. The van der Waals surface area contributed by atoms with Gasteiger partial charge < -0.3 is 61.6 Å². The van der Waals surface area contributed by atoms with Gasteiger partial charge in [-0.3, -0.25) is 4.79 Å². The quantitative estimate of drug-likeness (QED) is 0.134. The third kappa shape index (κ3) is 9.09. The zero-order valence-corrected chi connectivity index (χ0v) is 33.3. The molecule has 5 heterocycles. The molecule has 3 unspecified atom stereocenters. The highest BCUT2D eigenvalue weighted by Gasteiger charge is 2.39. The van der Waals surface area contributed by atoms with E-state index in [1.165, 1.54) is 0 Å². The Balaban J connectivity index is 0.000000145. The van der Waals surface area contributed by atoms with Gasteiger partial charge in [0, 0.05) is 18.4 Å². The number of rotatable bonds is 5. The van der Waals surface area contributed by atoms with Gasteiger partial charge in [0.25, 0.3) is 5.91 Å². The maximum Gasteiger partial charge on any atom is 0.338 e. The molecule has 3 atom stereocenters. The molecule has 0 aromatic heterocycles. The number of nitrogens with zero attached hydrogens (tertiary/aromatic N) is 1. The molecule has 0 saturated carbocycles. The molecule has 0 radical (unpaired) electrons. The smallest absolute Gasteiger partial charge is 0.338 e. The summed E-state index contributed by atoms with van der Waals surface area (Å²) >= 11 is 15.4. The van der Waals surface area contributed by atoms with Gasteiger partial charge in [0.1, 0.15) is 23.9 Å². The topological polar surface area (TPSA) is 206 Å². The number of esters is 2. The van der Waals surface area contributed by atoms with Crippen LogP contribution < -0.4 is 31.9 Å². The molecule has 0 aliphatic carbocycles. The van der Waals surface area contributed by atoms with Crippen molar-refractivity contribution in [3.63, 3.8) is 0 Å². The lowest BCUT2D eigenvalue weighted by Crippen LogP contribution is -2.45. The number of benzene rings is 3. The van der Waals surface area contributed by atoms with Crippen LogP contribution in [-0.4, -0.2) is 80.2 Å². The number of cyclic esters (lactones) is 1. The minimum absolute atomic E-state index is 0.0224. The van der Waals surface area contributed by atoms with E-state index in [9.17, 15) is 29.7 Å². The average molecular weight is 830 g/mol. The Labute approximate surface area is 343 Å². The fourth-order valence-electron chi connectivity index (χ4n) is 6.73. The summed E-state index contributed by atoms with van der Waals surface area (Å²) in [4.78, 5) is 37.7. The molecule has 3 aromatic carbocycles. The fraction of sp³-hybridized carbons (Fsp3) is 0.231. The van der Waals surface area contributed by atoms with Crippen LogP contribution >= 0.6 is 36.7 Å². The van der Waals surface area contributed by atoms with Crippen molar-refractivity contribution in [3.05, 3.63) is 123 Å². The van der Waals surface area contributed by atoms with Crippen LogP contribution in [0, 0.1) is 0 Å². The van der Waals surface area contributed by atoms with E-state index < -0.39 is 12.0 Å². The predicted molar refractivity (Wildman–Crippen MR) is 221 cm³/mol. The normalized spacial score (nSPS) is 20.8. The largest absolute Gasteiger partial charge is 0.508 e. The fourth-order valence-corrected chi connectivity index (χ4v) is 7.49. The molecule has 5 aliphatic heterocycles. The lowest BCUT2D eigenvalue weighted by atomic mass is 9.95. The van der Waals surface area contributed by atoms with Crippen LogP contribution in [-0.2, 0) is 23.9 Å². The molecule has 296 valence electrons. The number of hydrogen-bond donors (Lipinski definition) is 9. The van der Waals surface area contributed by atoms with Gasteiger partial charge in [-0.15, -0.1) is 0 Å². The summed E-state index contributed by atoms with van der Waals surface area (Å²) in [6, 6.07) is 19.1. The Morgan fingerprint density at radius 3 is 1.75 bits per heavy atom. The van der Waals surface area contributed by atoms with Crippen molar-refractivity contribution in [2.24, 2.45) is 0 Å². The summed E-state index contributed by atoms with van der Waals surface area (Å²) in [6.45, 7) is 4.57. The summed E-state index contributed by atoms with van der Waals surface area (Å²) in [5.41, 5.74) is 6.17. The monoisotopic (exact) mass is 829 g/mol. The van der Waals surface area contributed by atoms with Gasteiger partial charge in [0.05, 0.1) is 53.7 Å². The van der Waals surface area contributed by atoms with E-state index >= 15 is 0 Å². The second kappa shape index (κ2) is 17.3. The highest BCUT2D eigenvalue weighted by molar-refractivity contribution is 7.80. The molecular weight excluding hydrogens is 791 g/mol. The van der Waals surface area contributed by atoms with Crippen LogP contribution in [0.25, 0.3) is 0 Å². The van der Waals surface area contributed by atoms with Gasteiger partial charge in [-0.2, -0.15) is 0 Å². The summed E-state index contributed by atoms with van der Waals surface area (Å²) in [5, 5.41) is 48.0. The highest BCUT2D eigenvalue weighted by Crippen LogP contribution is 2.34. The zero-order chi connectivity index (χ0) is 41.0. The van der Waals surface area contributed by atoms with Gasteiger partial charge in [-0.1, -0.05) is 36.4 Å². The van der Waals surface area contributed by atoms with E-state index in [0.717, 1.165) is 22.4 Å². The molecule has 8 rings (SSSR count). The molecule has 0 saturated heterocycles. The first-order valence-corrected chi connectivity index (χ1v) is 18.8. The molecule has 3 aromatic rings. The number of nitrogens with one attached hydrogen (secondary N) is 6. The Kier molecular flexibility index (Phi) is 12.2. The SMILES string of the molecule is CCOC(=O)C1=C(C)NC(=S)NC1c1cccc(O)c1.CN1CC2=C(C1=O)C(c1cccc(O)c1)NC(=S)N2.O=C1OCC2=C1C(c1cccc(O)c1)NC(=S)N2. The summed E-state index contributed by atoms with van der Waals surface area (Å²) in [6.07, 6.45) is 0. The second-order valence-corrected chi connectivity index (χ2v) is 14.4. The molecule has 0 spiro atoms. The number of thiocarbonyl (C=S) groups is 3. The molecule has 15 nitrogen and oxygen atoms in total. The van der Waals surface area contributed by atoms with Crippen molar-refractivity contribution in [1.82, 2.24) is 36.8 Å². The van der Waals surface area contributed by atoms with Crippen LogP contribution in [0.5, 0.6) is 17.2 Å². The lowest BCUT2D eigenvalue weighted by molar-refractivity contribution is -0.139. The van der Waals surface area contributed by atoms with Crippen molar-refractivity contribution in [1.29, 1.82) is 0 Å². The first-order valence-electron chi connectivity index (χ1n) is 17.6. The van der Waals surface area contributed by atoms with Crippen LogP contribution in [0.15, 0.2) is 107 Å². The van der Waals surface area contributed by atoms with Crippen LogP contribution in [0.4, 0.5) is 0 Å². The van der Waals surface area contributed by atoms with Crippen LogP contribution in [0.2, 0.25) is 0 Å². The van der Waals surface area contributed by atoms with Gasteiger partial charge in [-0.05, 0) is 104 Å². The summed E-state index contributed by atoms with van der Waals surface area (Å²) < 4.78 is 10.1. The van der Waals surface area contributed by atoms with Crippen LogP contribution in [0.3, 0.4) is 0 Å². The van der Waals surface area contributed by atoms with E-state index in [-0.39, 0.29) is 47.8 Å². The van der Waals surface area contributed by atoms with E-state index in [1.54, 1.807) is 80.4 Å². The van der Waals surface area contributed by atoms with Gasteiger partial charge in [0.2, 0.25) is 0 Å². The molecule has 57 heavy (non-hydrogen) atoms. The molecule has 0 fully saturated rings. The van der Waals surface area contributed by atoms with Crippen molar-refractivity contribution in [2.45, 2.75) is 32.0 Å². The number of hydrogen-bond acceptors (Lipinski definition) is 11. The van der Waals surface area contributed by atoms with E-state index in [0.29, 0.717) is 56.6 Å². The number of phenolic OH excluding ortho intramolecular Hbond substituents is 3. The molecule has 18 heteroatoms. The number of carbonyl (C=O) groups excluding carboxylic acids is 3. The number of likely N-dealkylation sites (N-methyl/N-ethyl adjacent to an activating group) is 1. The number of amides is 1. The highest BCUT2D eigenvalue weighted by atomic mass is 32.1. The Hall–Kier alpha value is -6.24. The first-order chi connectivity index (χ1) is 27.2. The average Bonchev–Trinajstić information content (AvgIpc) is 3.67. The van der Waals surface area contributed by atoms with Crippen LogP contribution in [0.1, 0.15) is 48.7 Å². The van der Waals surface area contributed by atoms with Crippen molar-refractivity contribution in [2.75, 3.05) is 26.8 Å². The van der Waals surface area contributed by atoms with Crippen molar-refractivity contribution in [3.8, 4) is 17.2 Å². The summed E-state index contributed by atoms with van der Waals surface area (Å²) in [7, 11) is 1.75. The van der Waals surface area contributed by atoms with Gasteiger partial charge >= 0.3 is 11.9 Å². The number of allylic oxidation sites excluding steroid dienone is 1. The third-order valence-electron chi connectivity index (χ3n) is 9.22. The van der Waals surface area contributed by atoms with Crippen molar-refractivity contribution >= 4 is 69.8 Å². The lowest BCUT2D eigenvalue weighted by Gasteiger charge is -2.29. The van der Waals surface area contributed by atoms with E-state index in [4.69, 9.17) is 46.1 Å². The maximum absolute atomic E-state index is 12.2. The zero-order valence-electron chi connectivity index (χ0n) is 30.8. The van der Waals surface area contributed by atoms with E-state index in [1.807, 2.05) is 18.2 Å². The number of ether oxygens (including phenoxy) is 2. The molecule has 1 amide bonds. The molecular formula is C39H39N7O8S3. The van der Waals surface area contributed by atoms with Gasteiger partial charge in [0.15, 0.2) is 15.3 Å². The Bertz CT molecular complexity index is 2280. The minimum Gasteiger partial charge on any atom is -0.508 e.